The summed E-state index contributed by atoms with van der Waals surface area (Å²) >= 11 is 0. The zero-order chi connectivity index (χ0) is 37.0. The van der Waals surface area contributed by atoms with Gasteiger partial charge in [-0.1, -0.05) is 139 Å². The zero-order valence-electron chi connectivity index (χ0n) is 31.9. The van der Waals surface area contributed by atoms with Gasteiger partial charge >= 0.3 is 0 Å². The zero-order valence-corrected chi connectivity index (χ0v) is 34.7. The number of hydrogen-bond donors (Lipinski definition) is 0. The number of para-hydroxylation sites is 1. The molecule has 0 radical (unpaired) electrons. The Morgan fingerprint density at radius 3 is 1.70 bits per heavy atom. The second-order valence-electron chi connectivity index (χ2n) is 16.4. The van der Waals surface area contributed by atoms with Crippen LogP contribution in [0, 0.1) is 11.8 Å². The first-order valence-electron chi connectivity index (χ1n) is 17.8. The van der Waals surface area contributed by atoms with Crippen molar-refractivity contribution in [2.45, 2.75) is 116 Å². The Morgan fingerprint density at radius 1 is 0.720 bits per heavy atom. The Labute approximate surface area is 303 Å². The molecule has 0 amide bonds. The Bertz CT molecular complexity index is 1720. The first kappa shape index (κ1) is 39.8. The van der Waals surface area contributed by atoms with Gasteiger partial charge in [-0.2, -0.15) is 4.68 Å². The van der Waals surface area contributed by atoms with Gasteiger partial charge in [0.25, 0.3) is 13.5 Å². The molecular weight excluding hydrogens is 677 g/mol. The summed E-state index contributed by atoms with van der Waals surface area (Å²) in [5.74, 6) is 0.0136. The van der Waals surface area contributed by atoms with Gasteiger partial charge in [-0.25, -0.2) is 8.42 Å². The third-order valence-electron chi connectivity index (χ3n) is 10.6. The van der Waals surface area contributed by atoms with Crippen LogP contribution in [0.4, 0.5) is 0 Å². The molecule has 0 aliphatic carbocycles. The van der Waals surface area contributed by atoms with Crippen LogP contribution in [-0.4, -0.2) is 63.2 Å². The first-order chi connectivity index (χ1) is 23.3. The molecule has 272 valence electrons. The molecular formula is C39H58N4O4SSi2. The lowest BCUT2D eigenvalue weighted by Crippen LogP contribution is -2.68. The molecule has 0 N–H and O–H groups in total. The van der Waals surface area contributed by atoms with Crippen molar-refractivity contribution in [1.82, 2.24) is 20.2 Å². The highest BCUT2D eigenvalue weighted by Crippen LogP contribution is 2.41. The van der Waals surface area contributed by atoms with Gasteiger partial charge in [0.05, 0.1) is 11.4 Å². The number of hydrogen-bond acceptors (Lipinski definition) is 7. The smallest absolute Gasteiger partial charge is 0.272 e. The Balaban J connectivity index is 1.62. The van der Waals surface area contributed by atoms with E-state index in [1.807, 2.05) is 18.2 Å². The highest BCUT2D eigenvalue weighted by atomic mass is 32.2. The average Bonchev–Trinajstić information content (AvgIpc) is 3.57. The van der Waals surface area contributed by atoms with Gasteiger partial charge in [0.2, 0.25) is 9.84 Å². The van der Waals surface area contributed by atoms with Crippen LogP contribution in [0.5, 0.6) is 0 Å². The summed E-state index contributed by atoms with van der Waals surface area (Å²) in [6, 6.07) is 30.6. The van der Waals surface area contributed by atoms with Gasteiger partial charge in [-0.15, -0.1) is 0 Å². The minimum atomic E-state index is -3.78. The van der Waals surface area contributed by atoms with Crippen molar-refractivity contribution in [1.29, 1.82) is 0 Å². The van der Waals surface area contributed by atoms with E-state index in [1.54, 1.807) is 12.1 Å². The molecule has 0 fully saturated rings. The molecule has 0 saturated carbocycles. The normalized spacial score (nSPS) is 15.7. The maximum atomic E-state index is 13.7. The summed E-state index contributed by atoms with van der Waals surface area (Å²) in [5.41, 5.74) is 0.604. The molecule has 3 aromatic carbocycles. The van der Waals surface area contributed by atoms with Crippen molar-refractivity contribution < 1.29 is 17.3 Å². The van der Waals surface area contributed by atoms with E-state index in [2.05, 4.69) is 152 Å². The van der Waals surface area contributed by atoms with Gasteiger partial charge < -0.3 is 8.85 Å². The third-order valence-corrected chi connectivity index (χ3v) is 21.9. The molecule has 4 atom stereocenters. The highest BCUT2D eigenvalue weighted by molar-refractivity contribution is 7.91. The van der Waals surface area contributed by atoms with Crippen molar-refractivity contribution in [2.75, 3.05) is 5.75 Å². The molecule has 8 nitrogen and oxygen atoms in total. The van der Waals surface area contributed by atoms with E-state index in [1.165, 1.54) is 15.1 Å². The second-order valence-corrected chi connectivity index (χ2v) is 27.4. The van der Waals surface area contributed by atoms with E-state index in [9.17, 15) is 8.42 Å². The minimum Gasteiger partial charge on any atom is -0.414 e. The second kappa shape index (κ2) is 15.7. The molecule has 50 heavy (non-hydrogen) atoms. The molecule has 0 unspecified atom stereocenters. The van der Waals surface area contributed by atoms with Gasteiger partial charge in [0, 0.05) is 12.2 Å². The number of benzene rings is 3. The minimum absolute atomic E-state index is 0.00487. The molecule has 0 aliphatic rings. The van der Waals surface area contributed by atoms with Crippen LogP contribution in [0.1, 0.15) is 75.2 Å². The lowest BCUT2D eigenvalue weighted by atomic mass is 9.91. The van der Waals surface area contributed by atoms with Crippen LogP contribution in [0.3, 0.4) is 0 Å². The van der Waals surface area contributed by atoms with Gasteiger partial charge in [-0.3, -0.25) is 0 Å². The Hall–Kier alpha value is -2.97. The predicted octanol–water partition coefficient (Wildman–Crippen LogP) is 7.84. The number of rotatable bonds is 15. The van der Waals surface area contributed by atoms with Crippen molar-refractivity contribution in [3.05, 3.63) is 91.0 Å². The molecule has 1 heterocycles. The van der Waals surface area contributed by atoms with E-state index >= 15 is 0 Å². The van der Waals surface area contributed by atoms with Crippen molar-refractivity contribution in [2.24, 2.45) is 11.8 Å². The fourth-order valence-electron chi connectivity index (χ4n) is 6.32. The summed E-state index contributed by atoms with van der Waals surface area (Å²) in [7, 11) is -8.76. The highest BCUT2D eigenvalue weighted by Gasteiger charge is 2.51. The Kier molecular flexibility index (Phi) is 12.5. The quantitative estimate of drug-likeness (QED) is 0.115. The maximum absolute atomic E-state index is 13.7. The van der Waals surface area contributed by atoms with Crippen molar-refractivity contribution in [3.8, 4) is 5.69 Å². The monoisotopic (exact) mass is 734 g/mol. The SMILES string of the molecule is C[C@H](O[Si](c1ccccc1)(c1ccccc1)C(C)(C)C)[C@@H](C)C[C@@H](O[Si](C)(C)C(C)(C)C)[C@@H](C)CCS(=O)(=O)c1nnnn1-c1ccccc1. The van der Waals surface area contributed by atoms with Crippen molar-refractivity contribution >= 4 is 36.8 Å². The lowest BCUT2D eigenvalue weighted by Gasteiger charge is -2.46. The van der Waals surface area contributed by atoms with E-state index < -0.39 is 26.5 Å². The third kappa shape index (κ3) is 8.90. The first-order valence-corrected chi connectivity index (χ1v) is 24.3. The van der Waals surface area contributed by atoms with Crippen LogP contribution in [-0.2, 0) is 18.7 Å². The molecule has 0 bridgehead atoms. The molecule has 4 rings (SSSR count). The summed E-state index contributed by atoms with van der Waals surface area (Å²) in [6.07, 6.45) is 0.920. The fraction of sp³-hybridized carbons (Fsp3) is 0.513. The number of tetrazole rings is 1. The molecule has 0 saturated heterocycles. The topological polar surface area (TPSA) is 96.2 Å². The summed E-state index contributed by atoms with van der Waals surface area (Å²) in [6.45, 7) is 24.7. The van der Waals surface area contributed by atoms with Crippen molar-refractivity contribution in [3.63, 3.8) is 0 Å². The van der Waals surface area contributed by atoms with Crippen LogP contribution < -0.4 is 10.4 Å². The molecule has 0 spiro atoms. The van der Waals surface area contributed by atoms with Crippen LogP contribution in [0.2, 0.25) is 23.2 Å². The molecule has 1 aromatic heterocycles. The standard InChI is InChI=1S/C39H58N4O4SSi2/c1-30(27-28-48(44,45)37-40-41-42-43(37)33-21-15-12-16-22-33)36(47-49(10,11)38(4,5)6)29-31(2)32(3)46-50(39(7,8)9,34-23-17-13-18-24-34)35-25-19-14-20-26-35/h12-26,30-32,36H,27-29H2,1-11H3/t30-,31-,32-,36+/m0/s1. The van der Waals surface area contributed by atoms with Crippen LogP contribution in [0.15, 0.2) is 96.2 Å². The van der Waals surface area contributed by atoms with E-state index in [4.69, 9.17) is 8.85 Å². The fourth-order valence-corrected chi connectivity index (χ4v) is 14.0. The van der Waals surface area contributed by atoms with Gasteiger partial charge in [-0.05, 0) is 87.7 Å². The average molecular weight is 735 g/mol. The van der Waals surface area contributed by atoms with E-state index in [0.717, 1.165) is 6.42 Å². The predicted molar refractivity (Wildman–Crippen MR) is 209 cm³/mol. The van der Waals surface area contributed by atoms with Crippen LogP contribution >= 0.6 is 0 Å². The largest absolute Gasteiger partial charge is 0.414 e. The maximum Gasteiger partial charge on any atom is 0.272 e. The molecule has 11 heteroatoms. The Morgan fingerprint density at radius 2 is 1.22 bits per heavy atom. The summed E-state index contributed by atoms with van der Waals surface area (Å²) in [4.78, 5) is 0. The lowest BCUT2D eigenvalue weighted by molar-refractivity contribution is 0.0639. The number of nitrogens with zero attached hydrogens (tertiary/aromatic N) is 4. The number of aromatic nitrogens is 4. The summed E-state index contributed by atoms with van der Waals surface area (Å²) < 4.78 is 43.4. The van der Waals surface area contributed by atoms with Crippen LogP contribution in [0.25, 0.3) is 5.69 Å². The van der Waals surface area contributed by atoms with E-state index in [-0.39, 0.29) is 45.0 Å². The molecule has 0 aliphatic heterocycles. The van der Waals surface area contributed by atoms with E-state index in [0.29, 0.717) is 12.1 Å². The number of sulfone groups is 1. The van der Waals surface area contributed by atoms with Gasteiger partial charge in [0.1, 0.15) is 0 Å². The summed E-state index contributed by atoms with van der Waals surface area (Å²) in [5, 5.41) is 13.8. The molecule has 4 aromatic rings. The van der Waals surface area contributed by atoms with Gasteiger partial charge in [0.15, 0.2) is 8.32 Å².